The van der Waals surface area contributed by atoms with Gasteiger partial charge in [0, 0.05) is 17.2 Å². The second-order valence-corrected chi connectivity index (χ2v) is 10.1. The van der Waals surface area contributed by atoms with Crippen LogP contribution < -0.4 is 29.1 Å². The molecule has 0 spiro atoms. The molecule has 41 heavy (non-hydrogen) atoms. The topological polar surface area (TPSA) is 88.3 Å². The van der Waals surface area contributed by atoms with Crippen molar-refractivity contribution in [2.24, 2.45) is 4.99 Å². The molecule has 0 saturated carbocycles. The average Bonchev–Trinajstić information content (AvgIpc) is 3.29. The zero-order chi connectivity index (χ0) is 29.1. The van der Waals surface area contributed by atoms with Crippen LogP contribution in [0.15, 0.2) is 75.7 Å². The molecule has 0 bridgehead atoms. The quantitative estimate of drug-likeness (QED) is 0.236. The van der Waals surface area contributed by atoms with E-state index in [0.717, 1.165) is 16.3 Å². The smallest absolute Gasteiger partial charge is 0.338 e. The molecule has 1 aromatic heterocycles. The van der Waals surface area contributed by atoms with Gasteiger partial charge in [0.15, 0.2) is 4.80 Å². The molecule has 8 nitrogen and oxygen atoms in total. The van der Waals surface area contributed by atoms with E-state index in [1.165, 1.54) is 23.0 Å². The molecule has 4 aromatic rings. The lowest BCUT2D eigenvalue weighted by Gasteiger charge is -2.26. The van der Waals surface area contributed by atoms with Gasteiger partial charge in [0.2, 0.25) is 0 Å². The molecular weight excluding hydrogens is 540 g/mol. The molecule has 1 atom stereocenters. The van der Waals surface area contributed by atoms with Gasteiger partial charge in [-0.1, -0.05) is 47.6 Å². The van der Waals surface area contributed by atoms with E-state index in [0.29, 0.717) is 37.8 Å². The van der Waals surface area contributed by atoms with Gasteiger partial charge in [-0.15, -0.1) is 6.42 Å². The maximum absolute atomic E-state index is 14.2. The summed E-state index contributed by atoms with van der Waals surface area (Å²) in [6.45, 7) is 3.73. The Kier molecular flexibility index (Phi) is 7.95. The Morgan fingerprint density at radius 3 is 2.66 bits per heavy atom. The number of hydrogen-bond donors (Lipinski definition) is 0. The summed E-state index contributed by atoms with van der Waals surface area (Å²) in [6.07, 6.45) is 7.25. The van der Waals surface area contributed by atoms with E-state index >= 15 is 0 Å². The highest BCUT2D eigenvalue weighted by atomic mass is 32.1. The fourth-order valence-corrected chi connectivity index (χ4v) is 5.96. The van der Waals surface area contributed by atoms with Crippen molar-refractivity contribution < 1.29 is 23.7 Å². The van der Waals surface area contributed by atoms with E-state index in [4.69, 9.17) is 25.4 Å². The molecule has 0 saturated heterocycles. The number of rotatable bonds is 8. The molecule has 0 radical (unpaired) electrons. The molecule has 0 amide bonds. The van der Waals surface area contributed by atoms with E-state index in [2.05, 4.69) is 10.9 Å². The van der Waals surface area contributed by atoms with Crippen molar-refractivity contribution in [3.63, 3.8) is 0 Å². The fourth-order valence-electron chi connectivity index (χ4n) is 4.93. The summed E-state index contributed by atoms with van der Waals surface area (Å²) in [5.41, 5.74) is 1.73. The molecule has 0 N–H and O–H groups in total. The van der Waals surface area contributed by atoms with Crippen LogP contribution in [0.5, 0.6) is 17.2 Å². The number of terminal acetylenes is 1. The van der Waals surface area contributed by atoms with Crippen molar-refractivity contribution in [2.45, 2.75) is 19.9 Å². The average molecular weight is 569 g/mol. The lowest BCUT2D eigenvalue weighted by Crippen LogP contribution is -2.40. The standard InChI is InChI=1S/C32H28N2O6S/c1-6-16-40-25-15-12-20-10-8-9-11-22(20)24(25)18-27-30(35)34-29(23-14-13-21(37-4)17-26(23)38-5)28(31(36)39-7-2)19(3)33-32(34)41-27/h1,8-15,17-18,29H,7,16H2,2-5H3/b27-18-/t29-/m1/s1. The Morgan fingerprint density at radius 1 is 1.12 bits per heavy atom. The van der Waals surface area contributed by atoms with Crippen LogP contribution in [-0.4, -0.2) is 38.0 Å². The van der Waals surface area contributed by atoms with Crippen LogP contribution in [0.4, 0.5) is 0 Å². The number of carbonyl (C=O) groups is 1. The first-order valence-electron chi connectivity index (χ1n) is 12.9. The van der Waals surface area contributed by atoms with E-state index in [-0.39, 0.29) is 24.3 Å². The van der Waals surface area contributed by atoms with Gasteiger partial charge in [0.1, 0.15) is 29.9 Å². The van der Waals surface area contributed by atoms with Gasteiger partial charge in [-0.2, -0.15) is 0 Å². The largest absolute Gasteiger partial charge is 0.497 e. The number of ether oxygens (including phenoxy) is 4. The van der Waals surface area contributed by atoms with Crippen LogP contribution >= 0.6 is 11.3 Å². The van der Waals surface area contributed by atoms with Gasteiger partial charge >= 0.3 is 5.97 Å². The summed E-state index contributed by atoms with van der Waals surface area (Å²) in [7, 11) is 3.08. The Bertz CT molecular complexity index is 1910. The minimum Gasteiger partial charge on any atom is -0.497 e. The van der Waals surface area contributed by atoms with Gasteiger partial charge in [-0.3, -0.25) is 9.36 Å². The number of allylic oxidation sites excluding steroid dienone is 1. The number of nitrogens with zero attached hydrogens (tertiary/aromatic N) is 2. The normalized spacial score (nSPS) is 14.7. The van der Waals surface area contributed by atoms with Crippen LogP contribution in [-0.2, 0) is 9.53 Å². The summed E-state index contributed by atoms with van der Waals surface area (Å²) in [4.78, 5) is 32.6. The highest BCUT2D eigenvalue weighted by Crippen LogP contribution is 2.37. The first-order chi connectivity index (χ1) is 19.9. The van der Waals surface area contributed by atoms with Crippen molar-refractivity contribution >= 4 is 34.2 Å². The van der Waals surface area contributed by atoms with Crippen LogP contribution in [0, 0.1) is 12.3 Å². The van der Waals surface area contributed by atoms with Crippen LogP contribution in [0.25, 0.3) is 16.8 Å². The number of hydrogen-bond acceptors (Lipinski definition) is 8. The number of benzene rings is 3. The zero-order valence-electron chi connectivity index (χ0n) is 23.1. The monoisotopic (exact) mass is 568 g/mol. The molecule has 0 unspecified atom stereocenters. The van der Waals surface area contributed by atoms with Crippen molar-refractivity contribution in [3.05, 3.63) is 96.7 Å². The number of esters is 1. The predicted octanol–water partition coefficient (Wildman–Crippen LogP) is 3.98. The number of fused-ring (bicyclic) bond motifs is 2. The lowest BCUT2D eigenvalue weighted by atomic mass is 9.95. The minimum absolute atomic E-state index is 0.0831. The summed E-state index contributed by atoms with van der Waals surface area (Å²) in [6, 6.07) is 16.1. The summed E-state index contributed by atoms with van der Waals surface area (Å²) < 4.78 is 24.3. The van der Waals surface area contributed by atoms with Gasteiger partial charge in [0.05, 0.1) is 36.6 Å². The Hall–Kier alpha value is -4.81. The van der Waals surface area contributed by atoms with Gasteiger partial charge < -0.3 is 18.9 Å². The maximum atomic E-state index is 14.2. The van der Waals surface area contributed by atoms with Crippen LogP contribution in [0.3, 0.4) is 0 Å². The highest BCUT2D eigenvalue weighted by Gasteiger charge is 2.35. The third-order valence-corrected chi connectivity index (χ3v) is 7.75. The van der Waals surface area contributed by atoms with Crippen molar-refractivity contribution in [2.75, 3.05) is 27.4 Å². The van der Waals surface area contributed by atoms with E-state index in [1.807, 2.05) is 36.4 Å². The van der Waals surface area contributed by atoms with E-state index in [9.17, 15) is 9.59 Å². The lowest BCUT2D eigenvalue weighted by molar-refractivity contribution is -0.139. The molecule has 9 heteroatoms. The first kappa shape index (κ1) is 27.7. The van der Waals surface area contributed by atoms with E-state index < -0.39 is 12.0 Å². The highest BCUT2D eigenvalue weighted by molar-refractivity contribution is 7.07. The zero-order valence-corrected chi connectivity index (χ0v) is 23.9. The number of carbonyl (C=O) groups excluding carboxylic acids is 1. The van der Waals surface area contributed by atoms with Gasteiger partial charge in [0.25, 0.3) is 5.56 Å². The van der Waals surface area contributed by atoms with Crippen molar-refractivity contribution in [1.29, 1.82) is 0 Å². The van der Waals surface area contributed by atoms with Crippen LogP contribution in [0.1, 0.15) is 31.0 Å². The SMILES string of the molecule is C#CCOc1ccc2ccccc2c1/C=c1\sc2n(c1=O)[C@H](c1ccc(OC)cc1OC)C(C(=O)OCC)=C(C)N=2. The van der Waals surface area contributed by atoms with Gasteiger partial charge in [-0.05, 0) is 48.9 Å². The molecular formula is C32H28N2O6S. The van der Waals surface area contributed by atoms with Crippen molar-refractivity contribution in [1.82, 2.24) is 4.57 Å². The summed E-state index contributed by atoms with van der Waals surface area (Å²) >= 11 is 1.23. The van der Waals surface area contributed by atoms with Gasteiger partial charge in [-0.25, -0.2) is 9.79 Å². The first-order valence-corrected chi connectivity index (χ1v) is 13.7. The molecule has 2 heterocycles. The number of thiazole rings is 1. The van der Waals surface area contributed by atoms with E-state index in [1.54, 1.807) is 45.2 Å². The third-order valence-electron chi connectivity index (χ3n) is 6.77. The molecule has 1 aliphatic heterocycles. The molecule has 1 aliphatic rings. The molecule has 208 valence electrons. The Labute approximate surface area is 240 Å². The molecule has 5 rings (SSSR count). The Balaban J connectivity index is 1.79. The third kappa shape index (κ3) is 5.10. The maximum Gasteiger partial charge on any atom is 0.338 e. The molecule has 0 fully saturated rings. The number of aromatic nitrogens is 1. The second kappa shape index (κ2) is 11.7. The minimum atomic E-state index is -0.835. The Morgan fingerprint density at radius 2 is 1.93 bits per heavy atom. The number of methoxy groups -OCH3 is 2. The predicted molar refractivity (Wildman–Crippen MR) is 158 cm³/mol. The molecule has 3 aromatic carbocycles. The van der Waals surface area contributed by atoms with Crippen molar-refractivity contribution in [3.8, 4) is 29.6 Å². The molecule has 0 aliphatic carbocycles. The van der Waals surface area contributed by atoms with Crippen LogP contribution in [0.2, 0.25) is 0 Å². The summed E-state index contributed by atoms with van der Waals surface area (Å²) in [5.74, 6) is 3.54. The second-order valence-electron chi connectivity index (χ2n) is 9.10. The summed E-state index contributed by atoms with van der Waals surface area (Å²) in [5, 5.41) is 1.89. The fraction of sp³-hybridized carbons (Fsp3) is 0.219.